The first-order chi connectivity index (χ1) is 14.4. The van der Waals surface area contributed by atoms with Gasteiger partial charge < -0.3 is 0 Å². The number of rotatable bonds is 5. The molecule has 0 radical (unpaired) electrons. The summed E-state index contributed by atoms with van der Waals surface area (Å²) in [6.07, 6.45) is 0.677. The molecule has 1 aliphatic rings. The molecule has 0 unspecified atom stereocenters. The molecular formula is C22H19IN2O4S. The molecule has 1 heterocycles. The number of nitro groups is 1. The van der Waals surface area contributed by atoms with Crippen LogP contribution < -0.4 is 0 Å². The first-order valence-corrected chi connectivity index (χ1v) is 12.1. The van der Waals surface area contributed by atoms with E-state index in [1.54, 1.807) is 4.31 Å². The number of benzene rings is 3. The number of sulfonamides is 1. The van der Waals surface area contributed by atoms with Crippen molar-refractivity contribution in [2.24, 2.45) is 0 Å². The van der Waals surface area contributed by atoms with E-state index in [9.17, 15) is 18.5 Å². The standard InChI is InChI=1S/C22H19IN2O4S/c23-20-15-21(16-7-3-1-4-8-16)24(22(20)17-9-5-2-6-10-17)30(28,29)19-13-11-18(12-14-19)25(26)27/h1-14,20-22H,15H2/t20-,21-,22+/m1/s1. The van der Waals surface area contributed by atoms with Gasteiger partial charge in [-0.15, -0.1) is 0 Å². The Kier molecular flexibility index (Phi) is 5.90. The van der Waals surface area contributed by atoms with Gasteiger partial charge >= 0.3 is 0 Å². The van der Waals surface area contributed by atoms with Gasteiger partial charge in [-0.2, -0.15) is 4.31 Å². The van der Waals surface area contributed by atoms with Crippen LogP contribution in [-0.4, -0.2) is 21.6 Å². The van der Waals surface area contributed by atoms with E-state index in [1.807, 2.05) is 60.7 Å². The van der Waals surface area contributed by atoms with Gasteiger partial charge in [-0.3, -0.25) is 10.1 Å². The molecule has 1 aliphatic heterocycles. The Balaban J connectivity index is 1.84. The molecule has 0 aliphatic carbocycles. The van der Waals surface area contributed by atoms with E-state index in [4.69, 9.17) is 0 Å². The van der Waals surface area contributed by atoms with Crippen molar-refractivity contribution in [3.8, 4) is 0 Å². The van der Waals surface area contributed by atoms with Crippen molar-refractivity contribution in [2.75, 3.05) is 0 Å². The molecule has 30 heavy (non-hydrogen) atoms. The molecular weight excluding hydrogens is 515 g/mol. The summed E-state index contributed by atoms with van der Waals surface area (Å²) in [5.41, 5.74) is 1.73. The Hall–Kier alpha value is -2.30. The Morgan fingerprint density at radius 3 is 1.93 bits per heavy atom. The number of alkyl halides is 1. The maximum atomic E-state index is 13.8. The van der Waals surface area contributed by atoms with E-state index in [-0.39, 0.29) is 26.6 Å². The predicted octanol–water partition coefficient (Wildman–Crippen LogP) is 5.28. The van der Waals surface area contributed by atoms with Gasteiger partial charge in [0.2, 0.25) is 10.0 Å². The quantitative estimate of drug-likeness (QED) is 0.193. The van der Waals surface area contributed by atoms with Crippen LogP contribution in [0.3, 0.4) is 0 Å². The van der Waals surface area contributed by atoms with Crippen LogP contribution in [-0.2, 0) is 10.0 Å². The Labute approximate surface area is 188 Å². The minimum Gasteiger partial charge on any atom is -0.258 e. The molecule has 0 bridgehead atoms. The highest BCUT2D eigenvalue weighted by Crippen LogP contribution is 2.50. The lowest BCUT2D eigenvalue weighted by Gasteiger charge is -2.30. The molecule has 154 valence electrons. The molecule has 3 atom stereocenters. The third-order valence-corrected chi connectivity index (χ3v) is 8.42. The number of halogens is 1. The lowest BCUT2D eigenvalue weighted by atomic mass is 10.0. The third kappa shape index (κ3) is 3.86. The fourth-order valence-corrected chi connectivity index (χ4v) is 7.24. The third-order valence-electron chi connectivity index (χ3n) is 5.32. The van der Waals surface area contributed by atoms with E-state index >= 15 is 0 Å². The fraction of sp³-hybridized carbons (Fsp3) is 0.182. The maximum Gasteiger partial charge on any atom is 0.269 e. The van der Waals surface area contributed by atoms with Crippen LogP contribution >= 0.6 is 22.6 Å². The molecule has 6 nitrogen and oxygen atoms in total. The van der Waals surface area contributed by atoms with E-state index in [0.717, 1.165) is 11.1 Å². The van der Waals surface area contributed by atoms with Crippen molar-refractivity contribution in [2.45, 2.75) is 27.3 Å². The van der Waals surface area contributed by atoms with Gasteiger partial charge in [-0.05, 0) is 29.7 Å². The highest BCUT2D eigenvalue weighted by atomic mass is 127. The number of nitro benzene ring substituents is 1. The zero-order valence-corrected chi connectivity index (χ0v) is 18.8. The van der Waals surface area contributed by atoms with Gasteiger partial charge in [0.15, 0.2) is 0 Å². The average molecular weight is 534 g/mol. The van der Waals surface area contributed by atoms with Gasteiger partial charge in [0, 0.05) is 16.1 Å². The van der Waals surface area contributed by atoms with Crippen molar-refractivity contribution in [1.82, 2.24) is 4.31 Å². The molecule has 1 fully saturated rings. The fourth-order valence-electron chi connectivity index (χ4n) is 3.94. The summed E-state index contributed by atoms with van der Waals surface area (Å²) in [6.45, 7) is 0. The Morgan fingerprint density at radius 1 is 0.867 bits per heavy atom. The normalized spacial score (nSPS) is 22.1. The van der Waals surface area contributed by atoms with Gasteiger partial charge in [-0.25, -0.2) is 8.42 Å². The first-order valence-electron chi connectivity index (χ1n) is 9.41. The van der Waals surface area contributed by atoms with Gasteiger partial charge in [0.1, 0.15) is 0 Å². The molecule has 0 saturated carbocycles. The molecule has 4 rings (SSSR count). The second-order valence-electron chi connectivity index (χ2n) is 7.12. The Bertz CT molecular complexity index is 1140. The number of hydrogen-bond donors (Lipinski definition) is 0. The smallest absolute Gasteiger partial charge is 0.258 e. The van der Waals surface area contributed by atoms with Crippen molar-refractivity contribution >= 4 is 38.3 Å². The summed E-state index contributed by atoms with van der Waals surface area (Å²) < 4.78 is 29.2. The van der Waals surface area contributed by atoms with Crippen LogP contribution in [0.4, 0.5) is 5.69 Å². The molecule has 3 aromatic carbocycles. The number of non-ortho nitro benzene ring substituents is 1. The number of nitrogens with zero attached hydrogens (tertiary/aromatic N) is 2. The minimum atomic E-state index is -3.90. The molecule has 0 amide bonds. The minimum absolute atomic E-state index is 0.0560. The molecule has 8 heteroatoms. The SMILES string of the molecule is O=[N+]([O-])c1ccc(S(=O)(=O)N2[C@@H](c3ccccc3)C[C@@H](I)[C@@H]2c2ccccc2)cc1. The molecule has 0 aromatic heterocycles. The highest BCUT2D eigenvalue weighted by Gasteiger charge is 2.48. The van der Waals surface area contributed by atoms with Gasteiger partial charge in [0.25, 0.3) is 5.69 Å². The van der Waals surface area contributed by atoms with E-state index < -0.39 is 14.9 Å². The lowest BCUT2D eigenvalue weighted by molar-refractivity contribution is -0.384. The largest absolute Gasteiger partial charge is 0.269 e. The summed E-state index contributed by atoms with van der Waals surface area (Å²) in [5, 5.41) is 11.0. The summed E-state index contributed by atoms with van der Waals surface area (Å²) in [4.78, 5) is 10.5. The monoisotopic (exact) mass is 534 g/mol. The van der Waals surface area contributed by atoms with Crippen LogP contribution in [0.25, 0.3) is 0 Å². The van der Waals surface area contributed by atoms with Crippen LogP contribution in [0.5, 0.6) is 0 Å². The average Bonchev–Trinajstić information content (AvgIpc) is 3.13. The van der Waals surface area contributed by atoms with Gasteiger partial charge in [0.05, 0.1) is 21.9 Å². The predicted molar refractivity (Wildman–Crippen MR) is 123 cm³/mol. The molecule has 0 N–H and O–H groups in total. The van der Waals surface area contributed by atoms with Crippen molar-refractivity contribution in [3.63, 3.8) is 0 Å². The van der Waals surface area contributed by atoms with Crippen LogP contribution in [0.15, 0.2) is 89.8 Å². The topological polar surface area (TPSA) is 80.5 Å². The summed E-state index contributed by atoms with van der Waals surface area (Å²) in [7, 11) is -3.90. The van der Waals surface area contributed by atoms with E-state index in [1.165, 1.54) is 24.3 Å². The van der Waals surface area contributed by atoms with E-state index in [2.05, 4.69) is 22.6 Å². The number of hydrogen-bond acceptors (Lipinski definition) is 4. The van der Waals surface area contributed by atoms with Crippen LogP contribution in [0.1, 0.15) is 29.6 Å². The summed E-state index contributed by atoms with van der Waals surface area (Å²) in [5.74, 6) is 0. The van der Waals surface area contributed by atoms with Crippen molar-refractivity contribution in [1.29, 1.82) is 0 Å². The zero-order chi connectivity index (χ0) is 21.3. The van der Waals surface area contributed by atoms with E-state index in [0.29, 0.717) is 6.42 Å². The first kappa shape index (κ1) is 21.0. The molecule has 3 aromatic rings. The van der Waals surface area contributed by atoms with Gasteiger partial charge in [-0.1, -0.05) is 83.3 Å². The second-order valence-corrected chi connectivity index (χ2v) is 10.6. The highest BCUT2D eigenvalue weighted by molar-refractivity contribution is 14.1. The van der Waals surface area contributed by atoms with Crippen molar-refractivity contribution < 1.29 is 13.3 Å². The summed E-state index contributed by atoms with van der Waals surface area (Å²) >= 11 is 2.33. The zero-order valence-electron chi connectivity index (χ0n) is 15.8. The van der Waals surface area contributed by atoms with Crippen LogP contribution in [0, 0.1) is 10.1 Å². The van der Waals surface area contributed by atoms with Crippen molar-refractivity contribution in [3.05, 3.63) is 106 Å². The molecule has 0 spiro atoms. The molecule has 1 saturated heterocycles. The van der Waals surface area contributed by atoms with Crippen LogP contribution in [0.2, 0.25) is 0 Å². The maximum absolute atomic E-state index is 13.8. The Morgan fingerprint density at radius 2 is 1.40 bits per heavy atom. The summed E-state index contributed by atoms with van der Waals surface area (Å²) in [6, 6.07) is 23.7. The lowest BCUT2D eigenvalue weighted by Crippen LogP contribution is -2.34. The second kappa shape index (κ2) is 8.44.